The minimum absolute atomic E-state index is 0.0570. The molecule has 20 heavy (non-hydrogen) atoms. The number of rotatable bonds is 4. The van der Waals surface area contributed by atoms with E-state index in [1.54, 1.807) is 31.2 Å². The number of hydrogen-bond acceptors (Lipinski definition) is 5. The molecule has 1 aromatic heterocycles. The number of hydrogen-bond donors (Lipinski definition) is 1. The number of aromatic nitrogens is 2. The summed E-state index contributed by atoms with van der Waals surface area (Å²) in [7, 11) is 0. The van der Waals surface area contributed by atoms with E-state index in [1.165, 1.54) is 4.68 Å². The lowest BCUT2D eigenvalue weighted by Gasteiger charge is -2.11. The van der Waals surface area contributed by atoms with Crippen LogP contribution in [-0.4, -0.2) is 14.7 Å². The van der Waals surface area contributed by atoms with Crippen LogP contribution in [0.25, 0.3) is 0 Å². The van der Waals surface area contributed by atoms with E-state index in [9.17, 15) is 10.1 Å². The van der Waals surface area contributed by atoms with Crippen molar-refractivity contribution >= 4 is 11.4 Å². The molecule has 0 amide bonds. The molecule has 1 heterocycles. The lowest BCUT2D eigenvalue weighted by Crippen LogP contribution is -2.05. The van der Waals surface area contributed by atoms with Gasteiger partial charge < -0.3 is 10.5 Å². The molecule has 2 aromatic rings. The quantitative estimate of drug-likeness (QED) is 0.526. The summed E-state index contributed by atoms with van der Waals surface area (Å²) in [6, 6.07) is 6.67. The fourth-order valence-electron chi connectivity index (χ4n) is 1.86. The Morgan fingerprint density at radius 2 is 2.15 bits per heavy atom. The molecule has 0 aliphatic rings. The van der Waals surface area contributed by atoms with Crippen LogP contribution in [0.3, 0.4) is 0 Å². The van der Waals surface area contributed by atoms with Crippen molar-refractivity contribution in [2.45, 2.75) is 26.8 Å². The van der Waals surface area contributed by atoms with Gasteiger partial charge in [-0.15, -0.1) is 0 Å². The molecule has 2 N–H and O–H groups in total. The summed E-state index contributed by atoms with van der Waals surface area (Å²) in [5.74, 6) is 0.558. The Bertz CT molecular complexity index is 649. The second-order valence-electron chi connectivity index (χ2n) is 4.71. The smallest absolute Gasteiger partial charge is 0.353 e. The third-order valence-electron chi connectivity index (χ3n) is 2.76. The van der Waals surface area contributed by atoms with Gasteiger partial charge in [-0.25, -0.2) is 4.68 Å². The average Bonchev–Trinajstić information content (AvgIpc) is 2.66. The predicted molar refractivity (Wildman–Crippen MR) is 74.9 cm³/mol. The van der Waals surface area contributed by atoms with Gasteiger partial charge in [0.25, 0.3) is 5.88 Å². The lowest BCUT2D eigenvalue weighted by molar-refractivity contribution is -0.386. The standard InChI is InChI=1S/C13H16N4O3/c1-8(2)16-13(12(17(18)19)9(3)15-16)20-11-6-4-5-10(14)7-11/h4-8H,14H2,1-3H3. The predicted octanol–water partition coefficient (Wildman–Crippen LogP) is 3.06. The van der Waals surface area contributed by atoms with E-state index in [2.05, 4.69) is 5.10 Å². The van der Waals surface area contributed by atoms with Crippen LogP contribution < -0.4 is 10.5 Å². The fraction of sp³-hybridized carbons (Fsp3) is 0.308. The van der Waals surface area contributed by atoms with Gasteiger partial charge in [0.1, 0.15) is 11.4 Å². The molecule has 0 saturated carbocycles. The molecule has 0 fully saturated rings. The van der Waals surface area contributed by atoms with E-state index in [0.717, 1.165) is 0 Å². The van der Waals surface area contributed by atoms with Crippen LogP contribution in [0, 0.1) is 17.0 Å². The van der Waals surface area contributed by atoms with Gasteiger partial charge in [0.05, 0.1) is 11.0 Å². The van der Waals surface area contributed by atoms with Crippen LogP contribution in [0.2, 0.25) is 0 Å². The first-order valence-electron chi connectivity index (χ1n) is 6.17. The van der Waals surface area contributed by atoms with Crippen LogP contribution in [0.15, 0.2) is 24.3 Å². The summed E-state index contributed by atoms with van der Waals surface area (Å²) in [6.45, 7) is 5.34. The number of aryl methyl sites for hydroxylation is 1. The molecular weight excluding hydrogens is 260 g/mol. The molecule has 0 spiro atoms. The first-order valence-corrected chi connectivity index (χ1v) is 6.17. The first kappa shape index (κ1) is 13.9. The third-order valence-corrected chi connectivity index (χ3v) is 2.76. The zero-order valence-corrected chi connectivity index (χ0v) is 11.5. The number of ether oxygens (including phenoxy) is 1. The van der Waals surface area contributed by atoms with Crippen LogP contribution in [0.4, 0.5) is 11.4 Å². The van der Waals surface area contributed by atoms with Gasteiger partial charge >= 0.3 is 5.69 Å². The van der Waals surface area contributed by atoms with E-state index in [1.807, 2.05) is 13.8 Å². The van der Waals surface area contributed by atoms with Crippen molar-refractivity contribution in [1.29, 1.82) is 0 Å². The van der Waals surface area contributed by atoms with Gasteiger partial charge in [0.15, 0.2) is 0 Å². The number of benzene rings is 1. The number of anilines is 1. The highest BCUT2D eigenvalue weighted by molar-refractivity contribution is 5.50. The number of nitro groups is 1. The third kappa shape index (κ3) is 2.56. The van der Waals surface area contributed by atoms with Crippen molar-refractivity contribution in [1.82, 2.24) is 9.78 Å². The normalized spacial score (nSPS) is 10.8. The Morgan fingerprint density at radius 3 is 2.70 bits per heavy atom. The summed E-state index contributed by atoms with van der Waals surface area (Å²) >= 11 is 0. The van der Waals surface area contributed by atoms with Gasteiger partial charge in [-0.1, -0.05) is 6.07 Å². The fourth-order valence-corrected chi connectivity index (χ4v) is 1.86. The van der Waals surface area contributed by atoms with Crippen LogP contribution in [0.5, 0.6) is 11.6 Å². The van der Waals surface area contributed by atoms with Crippen molar-refractivity contribution in [3.05, 3.63) is 40.1 Å². The molecule has 0 bridgehead atoms. The highest BCUT2D eigenvalue weighted by Crippen LogP contribution is 2.36. The van der Waals surface area contributed by atoms with E-state index in [-0.39, 0.29) is 17.6 Å². The van der Waals surface area contributed by atoms with Crippen molar-refractivity contribution in [3.63, 3.8) is 0 Å². The van der Waals surface area contributed by atoms with Gasteiger partial charge in [0, 0.05) is 11.8 Å². The summed E-state index contributed by atoms with van der Waals surface area (Å²) < 4.78 is 7.14. The number of nitrogens with zero attached hydrogens (tertiary/aromatic N) is 3. The summed E-state index contributed by atoms with van der Waals surface area (Å²) in [5, 5.41) is 15.4. The summed E-state index contributed by atoms with van der Waals surface area (Å²) in [5.41, 5.74) is 6.40. The maximum atomic E-state index is 11.2. The molecule has 0 saturated heterocycles. The van der Waals surface area contributed by atoms with Crippen LogP contribution in [-0.2, 0) is 0 Å². The second kappa shape index (κ2) is 5.20. The number of nitrogen functional groups attached to an aromatic ring is 1. The van der Waals surface area contributed by atoms with Crippen LogP contribution in [0.1, 0.15) is 25.6 Å². The average molecular weight is 276 g/mol. The molecular formula is C13H16N4O3. The highest BCUT2D eigenvalue weighted by Gasteiger charge is 2.28. The monoisotopic (exact) mass is 276 g/mol. The topological polar surface area (TPSA) is 96.2 Å². The molecule has 0 unspecified atom stereocenters. The van der Waals surface area contributed by atoms with Gasteiger partial charge in [-0.2, -0.15) is 5.10 Å². The summed E-state index contributed by atoms with van der Waals surface area (Å²) in [4.78, 5) is 10.7. The molecule has 0 atom stereocenters. The molecule has 1 aromatic carbocycles. The molecule has 0 radical (unpaired) electrons. The van der Waals surface area contributed by atoms with Crippen molar-refractivity contribution in [2.24, 2.45) is 0 Å². The van der Waals surface area contributed by atoms with Gasteiger partial charge in [-0.05, 0) is 32.9 Å². The Morgan fingerprint density at radius 1 is 1.45 bits per heavy atom. The maximum absolute atomic E-state index is 11.2. The van der Waals surface area contributed by atoms with E-state index in [0.29, 0.717) is 17.1 Å². The Kier molecular flexibility index (Phi) is 3.60. The first-order chi connectivity index (χ1) is 9.40. The molecule has 106 valence electrons. The zero-order valence-electron chi connectivity index (χ0n) is 11.5. The molecule has 0 aliphatic carbocycles. The minimum Gasteiger partial charge on any atom is -0.434 e. The largest absolute Gasteiger partial charge is 0.434 e. The molecule has 0 aliphatic heterocycles. The summed E-state index contributed by atoms with van der Waals surface area (Å²) in [6.07, 6.45) is 0. The van der Waals surface area contributed by atoms with E-state index >= 15 is 0 Å². The van der Waals surface area contributed by atoms with E-state index in [4.69, 9.17) is 10.5 Å². The minimum atomic E-state index is -0.483. The van der Waals surface area contributed by atoms with Crippen molar-refractivity contribution in [3.8, 4) is 11.6 Å². The van der Waals surface area contributed by atoms with Gasteiger partial charge in [0.2, 0.25) is 0 Å². The van der Waals surface area contributed by atoms with Crippen molar-refractivity contribution in [2.75, 3.05) is 5.73 Å². The Hall–Kier alpha value is -2.57. The van der Waals surface area contributed by atoms with E-state index < -0.39 is 4.92 Å². The lowest BCUT2D eigenvalue weighted by atomic mass is 10.3. The Balaban J connectivity index is 2.51. The Labute approximate surface area is 116 Å². The van der Waals surface area contributed by atoms with Gasteiger partial charge in [-0.3, -0.25) is 10.1 Å². The van der Waals surface area contributed by atoms with Crippen molar-refractivity contribution < 1.29 is 9.66 Å². The zero-order chi connectivity index (χ0) is 14.9. The maximum Gasteiger partial charge on any atom is 0.353 e. The molecule has 7 nitrogen and oxygen atoms in total. The highest BCUT2D eigenvalue weighted by atomic mass is 16.6. The molecule has 2 rings (SSSR count). The molecule has 7 heteroatoms. The van der Waals surface area contributed by atoms with Crippen LogP contribution >= 0.6 is 0 Å². The SMILES string of the molecule is Cc1nn(C(C)C)c(Oc2cccc(N)c2)c1[N+](=O)[O-]. The second-order valence-corrected chi connectivity index (χ2v) is 4.71. The number of nitrogens with two attached hydrogens (primary N) is 1.